The standard InChI is InChI=1S/C32H40N2O14/c1-42-17-7-6-16-21-25(46-26(16)27(17)43-11-10-35)15-5-4-14(12-18(15)48-32(21)8-2-3-9-32)44-31-24(41)22(39)23(40)28(47-31)29(30(33)34)45-20(38)13-19(36)37/h4-7,12,21-25,28-31,35,39-41H,2-3,8-11,13,33-34H2,1H3,(H,36,37)/t21-,22-,23-,24+,25+,28-,29-,31-/m0/s1. The van der Waals surface area contributed by atoms with Gasteiger partial charge in [0.05, 0.1) is 25.8 Å². The number of hydrogen-bond acceptors (Lipinski definition) is 15. The maximum Gasteiger partial charge on any atom is 0.317 e. The molecule has 2 aromatic carbocycles. The summed E-state index contributed by atoms with van der Waals surface area (Å²) >= 11 is 0. The van der Waals surface area contributed by atoms with Crippen molar-refractivity contribution in [1.82, 2.24) is 0 Å². The zero-order valence-corrected chi connectivity index (χ0v) is 26.1. The molecule has 262 valence electrons. The first-order valence-corrected chi connectivity index (χ1v) is 15.7. The number of esters is 1. The Labute approximate surface area is 275 Å². The Balaban J connectivity index is 1.28. The van der Waals surface area contributed by atoms with Crippen molar-refractivity contribution in [2.24, 2.45) is 11.5 Å². The number of aliphatic hydroxyl groups is 4. The number of ether oxygens (including phenoxy) is 7. The summed E-state index contributed by atoms with van der Waals surface area (Å²) in [7, 11) is 1.53. The highest BCUT2D eigenvalue weighted by atomic mass is 16.7. The number of nitrogens with two attached hydrogens (primary N) is 2. The number of hydrogen-bond donors (Lipinski definition) is 7. The zero-order chi connectivity index (χ0) is 34.3. The molecule has 0 radical (unpaired) electrons. The lowest BCUT2D eigenvalue weighted by molar-refractivity contribution is -0.291. The Morgan fingerprint density at radius 3 is 2.44 bits per heavy atom. The number of fused-ring (bicyclic) bond motifs is 6. The minimum absolute atomic E-state index is 0.0504. The topological polar surface area (TPSA) is 252 Å². The van der Waals surface area contributed by atoms with Gasteiger partial charge < -0.3 is 70.2 Å². The van der Waals surface area contributed by atoms with E-state index in [2.05, 4.69) is 0 Å². The summed E-state index contributed by atoms with van der Waals surface area (Å²) in [6, 6.07) is 8.74. The van der Waals surface area contributed by atoms with Gasteiger partial charge in [0, 0.05) is 17.2 Å². The predicted molar refractivity (Wildman–Crippen MR) is 162 cm³/mol. The van der Waals surface area contributed by atoms with Gasteiger partial charge in [-0.1, -0.05) is 6.07 Å². The normalized spacial score (nSPS) is 28.8. The lowest BCUT2D eigenvalue weighted by Gasteiger charge is -2.44. The quantitative estimate of drug-likeness (QED) is 0.0925. The number of aliphatic carboxylic acids is 1. The average Bonchev–Trinajstić information content (AvgIpc) is 3.68. The molecule has 16 heteroatoms. The molecule has 8 atom stereocenters. The number of aliphatic hydroxyl groups excluding tert-OH is 4. The van der Waals surface area contributed by atoms with E-state index in [1.807, 2.05) is 12.1 Å². The molecule has 9 N–H and O–H groups in total. The van der Waals surface area contributed by atoms with E-state index in [-0.39, 0.29) is 24.9 Å². The second-order valence-electron chi connectivity index (χ2n) is 12.3. The second-order valence-corrected chi connectivity index (χ2v) is 12.3. The molecule has 0 aromatic heterocycles. The fourth-order valence-electron chi connectivity index (χ4n) is 7.17. The van der Waals surface area contributed by atoms with E-state index < -0.39 is 73.0 Å². The van der Waals surface area contributed by atoms with Crippen LogP contribution in [-0.2, 0) is 19.1 Å². The molecular formula is C32H40N2O14. The fourth-order valence-corrected chi connectivity index (χ4v) is 7.17. The van der Waals surface area contributed by atoms with Gasteiger partial charge in [-0.05, 0) is 43.9 Å². The van der Waals surface area contributed by atoms with E-state index in [0.29, 0.717) is 23.0 Å². The van der Waals surface area contributed by atoms with E-state index in [1.54, 1.807) is 18.2 Å². The van der Waals surface area contributed by atoms with Crippen LogP contribution < -0.4 is 35.2 Å². The number of carboxylic acid groups (broad SMARTS) is 1. The molecule has 6 rings (SSSR count). The molecule has 48 heavy (non-hydrogen) atoms. The third kappa shape index (κ3) is 6.09. The van der Waals surface area contributed by atoms with Crippen molar-refractivity contribution in [3.63, 3.8) is 0 Å². The smallest absolute Gasteiger partial charge is 0.317 e. The summed E-state index contributed by atoms with van der Waals surface area (Å²) < 4.78 is 41.6. The van der Waals surface area contributed by atoms with Gasteiger partial charge in [0.2, 0.25) is 12.0 Å². The summed E-state index contributed by atoms with van der Waals surface area (Å²) in [6.45, 7) is -0.140. The van der Waals surface area contributed by atoms with Crippen molar-refractivity contribution < 1.29 is 68.3 Å². The van der Waals surface area contributed by atoms with Gasteiger partial charge in [-0.25, -0.2) is 0 Å². The van der Waals surface area contributed by atoms with Gasteiger partial charge in [0.15, 0.2) is 17.6 Å². The Morgan fingerprint density at radius 1 is 1.04 bits per heavy atom. The molecule has 0 amide bonds. The van der Waals surface area contributed by atoms with E-state index in [0.717, 1.165) is 36.8 Å². The van der Waals surface area contributed by atoms with Crippen LogP contribution in [0, 0.1) is 0 Å². The van der Waals surface area contributed by atoms with E-state index in [1.165, 1.54) is 7.11 Å². The monoisotopic (exact) mass is 676 g/mol. The third-order valence-electron chi connectivity index (χ3n) is 9.29. The van der Waals surface area contributed by atoms with Crippen molar-refractivity contribution in [3.05, 3.63) is 41.5 Å². The van der Waals surface area contributed by atoms with Gasteiger partial charge in [-0.3, -0.25) is 9.59 Å². The average molecular weight is 677 g/mol. The first-order chi connectivity index (χ1) is 23.0. The van der Waals surface area contributed by atoms with Gasteiger partial charge in [0.1, 0.15) is 60.6 Å². The SMILES string of the molecule is COc1ccc2c(c1OCCO)O[C@@H]1c3ccc(O[C@H]4O[C@H]([C@H](OC(=O)CC(=O)O)C(N)N)[C@@H](O)[C@H](O)[C@H]4O)cc3OC3(CCCC3)[C@@H]21. The van der Waals surface area contributed by atoms with Crippen LogP contribution in [0.5, 0.6) is 28.7 Å². The highest BCUT2D eigenvalue weighted by Crippen LogP contribution is 2.64. The number of carbonyl (C=O) groups excluding carboxylic acids is 1. The summed E-state index contributed by atoms with van der Waals surface area (Å²) in [5, 5.41) is 50.4. The van der Waals surface area contributed by atoms with Gasteiger partial charge in [0.25, 0.3) is 0 Å². The van der Waals surface area contributed by atoms with Crippen molar-refractivity contribution in [2.75, 3.05) is 20.3 Å². The van der Waals surface area contributed by atoms with Crippen LogP contribution in [0.15, 0.2) is 30.3 Å². The Morgan fingerprint density at radius 2 is 1.77 bits per heavy atom. The highest BCUT2D eigenvalue weighted by molar-refractivity contribution is 5.90. The number of rotatable bonds is 11. The maximum absolute atomic E-state index is 12.1. The number of benzene rings is 2. The molecular weight excluding hydrogens is 636 g/mol. The van der Waals surface area contributed by atoms with E-state index in [4.69, 9.17) is 49.7 Å². The van der Waals surface area contributed by atoms with Crippen LogP contribution in [0.3, 0.4) is 0 Å². The molecule has 4 aliphatic rings. The summed E-state index contributed by atoms with van der Waals surface area (Å²) in [6.07, 6.45) is -9.72. The molecule has 1 aliphatic carbocycles. The first kappa shape index (κ1) is 34.0. The van der Waals surface area contributed by atoms with E-state index in [9.17, 15) is 30.0 Å². The first-order valence-electron chi connectivity index (χ1n) is 15.7. The fraction of sp³-hybridized carbons (Fsp3) is 0.562. The minimum atomic E-state index is -1.84. The molecule has 1 saturated carbocycles. The predicted octanol–water partition coefficient (Wildman–Crippen LogP) is -0.195. The molecule has 3 aliphatic heterocycles. The lowest BCUT2D eigenvalue weighted by atomic mass is 9.74. The molecule has 0 unspecified atom stereocenters. The Bertz CT molecular complexity index is 1510. The van der Waals surface area contributed by atoms with Crippen LogP contribution in [0.2, 0.25) is 0 Å². The third-order valence-corrected chi connectivity index (χ3v) is 9.29. The molecule has 16 nitrogen and oxygen atoms in total. The largest absolute Gasteiger partial charge is 0.493 e. The minimum Gasteiger partial charge on any atom is -0.493 e. The van der Waals surface area contributed by atoms with Crippen LogP contribution in [0.25, 0.3) is 0 Å². The van der Waals surface area contributed by atoms with Crippen LogP contribution in [0.1, 0.15) is 55.3 Å². The number of carbonyl (C=O) groups is 2. The lowest BCUT2D eigenvalue weighted by Crippen LogP contribution is -2.66. The molecule has 0 bridgehead atoms. The summed E-state index contributed by atoms with van der Waals surface area (Å²) in [5.74, 6) is -0.793. The number of methoxy groups -OCH3 is 1. The van der Waals surface area contributed by atoms with E-state index >= 15 is 0 Å². The van der Waals surface area contributed by atoms with Crippen molar-refractivity contribution in [2.45, 2.75) is 92.7 Å². The second kappa shape index (κ2) is 13.5. The highest BCUT2D eigenvalue weighted by Gasteiger charge is 2.57. The van der Waals surface area contributed by atoms with Crippen molar-refractivity contribution >= 4 is 11.9 Å². The molecule has 1 saturated heterocycles. The maximum atomic E-state index is 12.1. The number of carboxylic acids is 1. The van der Waals surface area contributed by atoms with Crippen LogP contribution in [-0.4, -0.2) is 106 Å². The van der Waals surface area contributed by atoms with Crippen LogP contribution >= 0.6 is 0 Å². The van der Waals surface area contributed by atoms with Crippen molar-refractivity contribution in [1.29, 1.82) is 0 Å². The van der Waals surface area contributed by atoms with Crippen LogP contribution in [0.4, 0.5) is 0 Å². The molecule has 2 fully saturated rings. The Hall–Kier alpha value is -3.90. The van der Waals surface area contributed by atoms with Crippen molar-refractivity contribution in [3.8, 4) is 28.7 Å². The Kier molecular flexibility index (Phi) is 9.59. The van der Waals surface area contributed by atoms with Gasteiger partial charge in [-0.2, -0.15) is 0 Å². The molecule has 3 heterocycles. The molecule has 1 spiro atoms. The molecule has 2 aromatic rings. The summed E-state index contributed by atoms with van der Waals surface area (Å²) in [5.41, 5.74) is 12.6. The van der Waals surface area contributed by atoms with Gasteiger partial charge in [-0.15, -0.1) is 0 Å². The summed E-state index contributed by atoms with van der Waals surface area (Å²) in [4.78, 5) is 23.0. The zero-order valence-electron chi connectivity index (χ0n) is 26.1. The van der Waals surface area contributed by atoms with Gasteiger partial charge >= 0.3 is 11.9 Å².